The van der Waals surface area contributed by atoms with Gasteiger partial charge in [-0.3, -0.25) is 14.5 Å². The van der Waals surface area contributed by atoms with Crippen LogP contribution in [0.5, 0.6) is 0 Å². The molecular weight excluding hydrogens is 378 g/mol. The monoisotopic (exact) mass is 413 g/mol. The molecule has 2 N–H and O–H groups in total. The van der Waals surface area contributed by atoms with Crippen molar-refractivity contribution in [1.82, 2.24) is 15.5 Å². The predicted octanol–water partition coefficient (Wildman–Crippen LogP) is 3.75. The Bertz CT molecular complexity index is 782. The fourth-order valence-corrected chi connectivity index (χ4v) is 5.03. The van der Waals surface area contributed by atoms with Gasteiger partial charge in [-0.25, -0.2) is 4.79 Å². The highest BCUT2D eigenvalue weighted by Crippen LogP contribution is 2.37. The van der Waals surface area contributed by atoms with Gasteiger partial charge in [0.15, 0.2) is 0 Å². The van der Waals surface area contributed by atoms with Crippen molar-refractivity contribution in [1.29, 1.82) is 0 Å². The number of amides is 4. The van der Waals surface area contributed by atoms with E-state index in [4.69, 9.17) is 0 Å². The highest BCUT2D eigenvalue weighted by atomic mass is 16.2. The Morgan fingerprint density at radius 1 is 1.23 bits per heavy atom. The van der Waals surface area contributed by atoms with Crippen LogP contribution in [0.2, 0.25) is 0 Å². The molecule has 1 aliphatic heterocycles. The number of hydrogen-bond acceptors (Lipinski definition) is 3. The van der Waals surface area contributed by atoms with Crippen molar-refractivity contribution in [2.24, 2.45) is 5.92 Å². The van der Waals surface area contributed by atoms with Gasteiger partial charge in [0.2, 0.25) is 5.91 Å². The highest BCUT2D eigenvalue weighted by Gasteiger charge is 2.52. The number of hydrogen-bond donors (Lipinski definition) is 2. The van der Waals surface area contributed by atoms with Crippen LogP contribution in [-0.2, 0) is 15.0 Å². The lowest BCUT2D eigenvalue weighted by Crippen LogP contribution is -2.50. The van der Waals surface area contributed by atoms with Gasteiger partial charge in [-0.2, -0.15) is 0 Å². The molecule has 30 heavy (non-hydrogen) atoms. The van der Waals surface area contributed by atoms with Gasteiger partial charge in [-0.1, -0.05) is 57.5 Å². The number of rotatable bonds is 7. The summed E-state index contributed by atoms with van der Waals surface area (Å²) < 4.78 is 0. The second-order valence-corrected chi connectivity index (χ2v) is 9.68. The summed E-state index contributed by atoms with van der Waals surface area (Å²) in [5.41, 5.74) is 0.311. The summed E-state index contributed by atoms with van der Waals surface area (Å²) in [5, 5.41) is 5.86. The Morgan fingerprint density at radius 2 is 1.87 bits per heavy atom. The molecule has 1 spiro atoms. The van der Waals surface area contributed by atoms with Crippen LogP contribution in [0.1, 0.15) is 71.8 Å². The SMILES string of the molecule is CCC1CCC2(CC1)NC(=O)N(CC(=O)NC(C)CC(C)(C)c1ccccc1)C2=O. The molecular formula is C24H35N3O3. The van der Waals surface area contributed by atoms with Gasteiger partial charge in [0.25, 0.3) is 5.91 Å². The highest BCUT2D eigenvalue weighted by molar-refractivity contribution is 6.09. The number of benzene rings is 1. The Balaban J connectivity index is 1.55. The third-order valence-electron chi connectivity index (χ3n) is 6.86. The molecule has 0 radical (unpaired) electrons. The minimum absolute atomic E-state index is 0.0811. The number of carbonyl (C=O) groups excluding carboxylic acids is 3. The van der Waals surface area contributed by atoms with Gasteiger partial charge in [0.05, 0.1) is 0 Å². The smallest absolute Gasteiger partial charge is 0.325 e. The zero-order chi connectivity index (χ0) is 21.9. The molecule has 1 saturated heterocycles. The van der Waals surface area contributed by atoms with E-state index in [1.807, 2.05) is 25.1 Å². The summed E-state index contributed by atoms with van der Waals surface area (Å²) in [6, 6.07) is 9.68. The average Bonchev–Trinajstić information content (AvgIpc) is 2.93. The van der Waals surface area contributed by atoms with E-state index < -0.39 is 11.6 Å². The minimum Gasteiger partial charge on any atom is -0.352 e. The minimum atomic E-state index is -0.802. The first-order valence-corrected chi connectivity index (χ1v) is 11.2. The molecule has 2 aliphatic rings. The zero-order valence-electron chi connectivity index (χ0n) is 18.7. The Hall–Kier alpha value is -2.37. The van der Waals surface area contributed by atoms with Crippen molar-refractivity contribution < 1.29 is 14.4 Å². The summed E-state index contributed by atoms with van der Waals surface area (Å²) >= 11 is 0. The fraction of sp³-hybridized carbons (Fsp3) is 0.625. The van der Waals surface area contributed by atoms with Gasteiger partial charge < -0.3 is 10.6 Å². The van der Waals surface area contributed by atoms with Gasteiger partial charge in [0, 0.05) is 6.04 Å². The molecule has 3 rings (SSSR count). The molecule has 1 heterocycles. The van der Waals surface area contributed by atoms with Crippen LogP contribution in [0.15, 0.2) is 30.3 Å². The lowest BCUT2D eigenvalue weighted by Gasteiger charge is -2.34. The van der Waals surface area contributed by atoms with E-state index in [0.717, 1.165) is 30.6 Å². The number of carbonyl (C=O) groups is 3. The number of nitrogens with zero attached hydrogens (tertiary/aromatic N) is 1. The van der Waals surface area contributed by atoms with Gasteiger partial charge in [-0.15, -0.1) is 0 Å². The van der Waals surface area contributed by atoms with E-state index in [9.17, 15) is 14.4 Å². The second-order valence-electron chi connectivity index (χ2n) is 9.68. The van der Waals surface area contributed by atoms with Crippen LogP contribution in [0, 0.1) is 5.92 Å². The third kappa shape index (κ3) is 4.68. The number of nitrogens with one attached hydrogen (secondary N) is 2. The summed E-state index contributed by atoms with van der Waals surface area (Å²) in [5.74, 6) is 0.0788. The molecule has 2 fully saturated rings. The van der Waals surface area contributed by atoms with Gasteiger partial charge in [0.1, 0.15) is 12.1 Å². The third-order valence-corrected chi connectivity index (χ3v) is 6.86. The van der Waals surface area contributed by atoms with Gasteiger partial charge >= 0.3 is 6.03 Å². The maximum Gasteiger partial charge on any atom is 0.325 e. The van der Waals surface area contributed by atoms with Crippen LogP contribution < -0.4 is 10.6 Å². The van der Waals surface area contributed by atoms with Crippen molar-refractivity contribution >= 4 is 17.8 Å². The lowest BCUT2D eigenvalue weighted by atomic mass is 9.75. The Labute approximate surface area is 179 Å². The first kappa shape index (κ1) is 22.3. The maximum absolute atomic E-state index is 13.0. The van der Waals surface area contributed by atoms with E-state index >= 15 is 0 Å². The van der Waals surface area contributed by atoms with Crippen molar-refractivity contribution in [2.45, 2.75) is 83.2 Å². The zero-order valence-corrected chi connectivity index (χ0v) is 18.7. The Morgan fingerprint density at radius 3 is 2.47 bits per heavy atom. The number of urea groups is 1. The van der Waals surface area contributed by atoms with Crippen LogP contribution in [0.4, 0.5) is 4.79 Å². The number of imide groups is 1. The molecule has 0 bridgehead atoms. The fourth-order valence-electron chi connectivity index (χ4n) is 5.03. The van der Waals surface area contributed by atoms with Crippen LogP contribution in [0.25, 0.3) is 0 Å². The van der Waals surface area contributed by atoms with Crippen molar-refractivity contribution in [3.8, 4) is 0 Å². The summed E-state index contributed by atoms with van der Waals surface area (Å²) in [4.78, 5) is 39.1. The largest absolute Gasteiger partial charge is 0.352 e. The van der Waals surface area contributed by atoms with Crippen LogP contribution >= 0.6 is 0 Å². The summed E-state index contributed by atoms with van der Waals surface area (Å²) in [7, 11) is 0. The molecule has 1 aromatic rings. The summed E-state index contributed by atoms with van der Waals surface area (Å²) in [6.45, 7) is 8.20. The maximum atomic E-state index is 13.0. The molecule has 6 heteroatoms. The van der Waals surface area contributed by atoms with Crippen LogP contribution in [0.3, 0.4) is 0 Å². The summed E-state index contributed by atoms with van der Waals surface area (Å²) in [6.07, 6.45) is 5.06. The van der Waals surface area contributed by atoms with Gasteiger partial charge in [-0.05, 0) is 55.9 Å². The molecule has 6 nitrogen and oxygen atoms in total. The van der Waals surface area contributed by atoms with Crippen molar-refractivity contribution in [2.75, 3.05) is 6.54 Å². The normalized spacial score (nSPS) is 25.3. The van der Waals surface area contributed by atoms with Crippen molar-refractivity contribution in [3.63, 3.8) is 0 Å². The molecule has 164 valence electrons. The van der Waals surface area contributed by atoms with E-state index in [0.29, 0.717) is 18.8 Å². The predicted molar refractivity (Wildman–Crippen MR) is 117 cm³/mol. The molecule has 1 unspecified atom stereocenters. The Kier molecular flexibility index (Phi) is 6.53. The van der Waals surface area contributed by atoms with E-state index in [-0.39, 0.29) is 29.8 Å². The first-order valence-electron chi connectivity index (χ1n) is 11.2. The van der Waals surface area contributed by atoms with Crippen LogP contribution in [-0.4, -0.2) is 40.9 Å². The molecule has 4 amide bonds. The van der Waals surface area contributed by atoms with E-state index in [2.05, 4.69) is 43.5 Å². The lowest BCUT2D eigenvalue weighted by molar-refractivity contribution is -0.136. The quantitative estimate of drug-likeness (QED) is 0.668. The molecule has 1 atom stereocenters. The molecule has 1 saturated carbocycles. The van der Waals surface area contributed by atoms with E-state index in [1.54, 1.807) is 0 Å². The molecule has 1 aromatic carbocycles. The van der Waals surface area contributed by atoms with Crippen molar-refractivity contribution in [3.05, 3.63) is 35.9 Å². The average molecular weight is 414 g/mol. The molecule has 1 aliphatic carbocycles. The topological polar surface area (TPSA) is 78.5 Å². The first-order chi connectivity index (χ1) is 14.2. The van der Waals surface area contributed by atoms with E-state index in [1.165, 1.54) is 5.56 Å². The second kappa shape index (κ2) is 8.78. The standard InChI is InChI=1S/C24H35N3O3/c1-5-18-11-13-24(14-12-18)21(29)27(22(30)26-24)16-20(28)25-17(2)15-23(3,4)19-9-7-6-8-10-19/h6-10,17-18H,5,11-16H2,1-4H3,(H,25,28)(H,26,30). The molecule has 0 aromatic heterocycles.